The molecule has 0 amide bonds. The molecule has 1 aromatic heterocycles. The first-order chi connectivity index (χ1) is 7.33. The Labute approximate surface area is 94.9 Å². The molecule has 1 aromatic rings. The van der Waals surface area contributed by atoms with E-state index in [0.29, 0.717) is 0 Å². The van der Waals surface area contributed by atoms with Gasteiger partial charge in [0.1, 0.15) is 5.75 Å². The van der Waals surface area contributed by atoms with E-state index in [2.05, 4.69) is 12.0 Å². The van der Waals surface area contributed by atoms with E-state index in [-0.39, 0.29) is 6.04 Å². The van der Waals surface area contributed by atoms with Gasteiger partial charge < -0.3 is 4.74 Å². The molecule has 0 aliphatic heterocycles. The summed E-state index contributed by atoms with van der Waals surface area (Å²) in [6.07, 6.45) is 5.03. The number of ether oxygens (including phenoxy) is 1. The molecular formula is C11H18N2OS. The number of hydrazine groups is 1. The van der Waals surface area contributed by atoms with E-state index >= 15 is 0 Å². The lowest BCUT2D eigenvalue weighted by atomic mass is 10.1. The smallest absolute Gasteiger partial charge is 0.134 e. The van der Waals surface area contributed by atoms with E-state index in [1.165, 1.54) is 4.88 Å². The second-order valence-electron chi connectivity index (χ2n) is 3.29. The van der Waals surface area contributed by atoms with Crippen molar-refractivity contribution in [3.63, 3.8) is 0 Å². The van der Waals surface area contributed by atoms with Crippen LogP contribution in [0.25, 0.3) is 0 Å². The summed E-state index contributed by atoms with van der Waals surface area (Å²) in [5.41, 5.74) is 2.83. The molecule has 3 N–H and O–H groups in total. The molecular weight excluding hydrogens is 208 g/mol. The molecule has 1 rings (SSSR count). The monoisotopic (exact) mass is 226 g/mol. The largest absolute Gasteiger partial charge is 0.496 e. The van der Waals surface area contributed by atoms with Gasteiger partial charge in [0.2, 0.25) is 0 Å². The summed E-state index contributed by atoms with van der Waals surface area (Å²) in [6.45, 7) is 3.71. The van der Waals surface area contributed by atoms with Crippen molar-refractivity contribution in [2.24, 2.45) is 5.84 Å². The molecule has 15 heavy (non-hydrogen) atoms. The number of rotatable bonds is 7. The van der Waals surface area contributed by atoms with Crippen molar-refractivity contribution in [3.8, 4) is 5.75 Å². The van der Waals surface area contributed by atoms with Gasteiger partial charge in [-0.25, -0.2) is 0 Å². The lowest BCUT2D eigenvalue weighted by Crippen LogP contribution is -2.27. The van der Waals surface area contributed by atoms with Crippen molar-refractivity contribution in [2.75, 3.05) is 7.11 Å². The molecule has 0 saturated heterocycles. The van der Waals surface area contributed by atoms with Gasteiger partial charge in [0.05, 0.1) is 18.0 Å². The van der Waals surface area contributed by atoms with Gasteiger partial charge in [0.25, 0.3) is 0 Å². The standard InChI is InChI=1S/C11H18N2OS/c1-3-4-5-6-9(13-12)11-10(14-2)7-8-15-11/h3,7-9,13H,1,4-6,12H2,2H3. The second kappa shape index (κ2) is 6.61. The zero-order valence-electron chi connectivity index (χ0n) is 9.03. The van der Waals surface area contributed by atoms with Crippen LogP contribution in [-0.4, -0.2) is 7.11 Å². The number of methoxy groups -OCH3 is 1. The Morgan fingerprint density at radius 3 is 3.13 bits per heavy atom. The van der Waals surface area contributed by atoms with Crippen LogP contribution in [0, 0.1) is 0 Å². The Morgan fingerprint density at radius 1 is 1.73 bits per heavy atom. The van der Waals surface area contributed by atoms with Crippen LogP contribution in [0.4, 0.5) is 0 Å². The quantitative estimate of drug-likeness (QED) is 0.325. The number of nitrogens with one attached hydrogen (secondary N) is 1. The molecule has 1 atom stereocenters. The number of hydrogen-bond donors (Lipinski definition) is 2. The molecule has 0 aliphatic carbocycles. The van der Waals surface area contributed by atoms with Crippen LogP contribution in [0.3, 0.4) is 0 Å². The Morgan fingerprint density at radius 2 is 2.53 bits per heavy atom. The summed E-state index contributed by atoms with van der Waals surface area (Å²) in [6, 6.07) is 2.15. The second-order valence-corrected chi connectivity index (χ2v) is 4.24. The summed E-state index contributed by atoms with van der Waals surface area (Å²) in [5.74, 6) is 6.46. The number of thiophene rings is 1. The van der Waals surface area contributed by atoms with Crippen LogP contribution in [0.1, 0.15) is 30.2 Å². The Hall–Kier alpha value is -0.840. The summed E-state index contributed by atoms with van der Waals surface area (Å²) in [5, 5.41) is 2.02. The Kier molecular flexibility index (Phi) is 5.39. The Bertz CT molecular complexity index is 299. The molecule has 1 heterocycles. The van der Waals surface area contributed by atoms with Crippen molar-refractivity contribution in [3.05, 3.63) is 29.0 Å². The Balaban J connectivity index is 2.60. The van der Waals surface area contributed by atoms with E-state index in [1.54, 1.807) is 18.4 Å². The van der Waals surface area contributed by atoms with Crippen LogP contribution in [0.2, 0.25) is 0 Å². The van der Waals surface area contributed by atoms with Crippen molar-refractivity contribution < 1.29 is 4.74 Å². The molecule has 0 bridgehead atoms. The number of nitrogens with two attached hydrogens (primary N) is 1. The predicted octanol–water partition coefficient (Wildman–Crippen LogP) is 2.62. The highest BCUT2D eigenvalue weighted by Gasteiger charge is 2.15. The third-order valence-electron chi connectivity index (χ3n) is 2.30. The average Bonchev–Trinajstić information content (AvgIpc) is 2.72. The highest BCUT2D eigenvalue weighted by atomic mass is 32.1. The third kappa shape index (κ3) is 3.34. The first kappa shape index (κ1) is 12.2. The molecule has 84 valence electrons. The zero-order valence-corrected chi connectivity index (χ0v) is 9.85. The van der Waals surface area contributed by atoms with Crippen molar-refractivity contribution in [1.29, 1.82) is 0 Å². The molecule has 0 aliphatic rings. The molecule has 4 heteroatoms. The number of unbranched alkanes of at least 4 members (excludes halogenated alkanes) is 1. The fraction of sp³-hybridized carbons (Fsp3) is 0.455. The van der Waals surface area contributed by atoms with Crippen LogP contribution < -0.4 is 16.0 Å². The summed E-state index contributed by atoms with van der Waals surface area (Å²) in [4.78, 5) is 1.17. The van der Waals surface area contributed by atoms with E-state index in [9.17, 15) is 0 Å². The fourth-order valence-corrected chi connectivity index (χ4v) is 2.44. The van der Waals surface area contributed by atoms with Gasteiger partial charge >= 0.3 is 0 Å². The van der Waals surface area contributed by atoms with Gasteiger partial charge in [-0.1, -0.05) is 6.08 Å². The minimum Gasteiger partial charge on any atom is -0.496 e. The maximum absolute atomic E-state index is 5.55. The zero-order chi connectivity index (χ0) is 11.1. The van der Waals surface area contributed by atoms with Crippen LogP contribution >= 0.6 is 11.3 Å². The first-order valence-electron chi connectivity index (χ1n) is 5.01. The predicted molar refractivity (Wildman–Crippen MR) is 65.0 cm³/mol. The normalized spacial score (nSPS) is 12.4. The molecule has 3 nitrogen and oxygen atoms in total. The van der Waals surface area contributed by atoms with E-state index < -0.39 is 0 Å². The SMILES string of the molecule is C=CCCCC(NN)c1sccc1OC. The van der Waals surface area contributed by atoms with Crippen molar-refractivity contribution >= 4 is 11.3 Å². The fourth-order valence-electron chi connectivity index (χ4n) is 1.49. The summed E-state index contributed by atoms with van der Waals surface area (Å²) < 4.78 is 5.27. The van der Waals surface area contributed by atoms with Crippen LogP contribution in [-0.2, 0) is 0 Å². The average molecular weight is 226 g/mol. The highest BCUT2D eigenvalue weighted by Crippen LogP contribution is 2.32. The summed E-state index contributed by atoms with van der Waals surface area (Å²) in [7, 11) is 1.68. The van der Waals surface area contributed by atoms with Gasteiger partial charge in [-0.05, 0) is 30.7 Å². The molecule has 1 unspecified atom stereocenters. The van der Waals surface area contributed by atoms with Crippen LogP contribution in [0.15, 0.2) is 24.1 Å². The molecule has 0 saturated carbocycles. The lowest BCUT2D eigenvalue weighted by Gasteiger charge is -2.15. The minimum atomic E-state index is 0.180. The molecule has 0 aromatic carbocycles. The van der Waals surface area contributed by atoms with Gasteiger partial charge in [-0.15, -0.1) is 17.9 Å². The molecule has 0 radical (unpaired) electrons. The number of allylic oxidation sites excluding steroid dienone is 1. The van der Waals surface area contributed by atoms with Crippen molar-refractivity contribution in [1.82, 2.24) is 5.43 Å². The molecule has 0 fully saturated rings. The van der Waals surface area contributed by atoms with Gasteiger partial charge in [0, 0.05) is 0 Å². The van der Waals surface area contributed by atoms with Gasteiger partial charge in [0.15, 0.2) is 0 Å². The lowest BCUT2D eigenvalue weighted by molar-refractivity contribution is 0.399. The number of hydrogen-bond acceptors (Lipinski definition) is 4. The highest BCUT2D eigenvalue weighted by molar-refractivity contribution is 7.10. The summed E-state index contributed by atoms with van der Waals surface area (Å²) >= 11 is 1.67. The van der Waals surface area contributed by atoms with E-state index in [1.807, 2.05) is 17.5 Å². The topological polar surface area (TPSA) is 47.3 Å². The van der Waals surface area contributed by atoms with Gasteiger partial charge in [-0.2, -0.15) is 0 Å². The van der Waals surface area contributed by atoms with Crippen LogP contribution in [0.5, 0.6) is 5.75 Å². The van der Waals surface area contributed by atoms with E-state index in [4.69, 9.17) is 10.6 Å². The minimum absolute atomic E-state index is 0.180. The van der Waals surface area contributed by atoms with Gasteiger partial charge in [-0.3, -0.25) is 11.3 Å². The molecule has 0 spiro atoms. The van der Waals surface area contributed by atoms with Crippen molar-refractivity contribution in [2.45, 2.75) is 25.3 Å². The van der Waals surface area contributed by atoms with E-state index in [0.717, 1.165) is 25.0 Å². The third-order valence-corrected chi connectivity index (χ3v) is 3.31. The maximum Gasteiger partial charge on any atom is 0.134 e. The maximum atomic E-state index is 5.55. The first-order valence-corrected chi connectivity index (χ1v) is 5.89.